The van der Waals surface area contributed by atoms with E-state index in [-0.39, 0.29) is 24.7 Å². The van der Waals surface area contributed by atoms with Crippen molar-refractivity contribution in [3.05, 3.63) is 107 Å². The van der Waals surface area contributed by atoms with E-state index in [1.165, 1.54) is 4.90 Å². The predicted octanol–water partition coefficient (Wildman–Crippen LogP) is 5.20. The monoisotopic (exact) mass is 493 g/mol. The predicted molar refractivity (Wildman–Crippen MR) is 137 cm³/mol. The molecule has 6 rings (SSSR count). The highest BCUT2D eigenvalue weighted by atomic mass is 16.7. The Hall–Kier alpha value is -4.78. The number of fused-ring (bicyclic) bond motifs is 2. The fourth-order valence-corrected chi connectivity index (χ4v) is 4.99. The standard InChI is InChI=1S/C30H23NO6/c1-35-21-12-10-20(11-13-21)27-26(28(32)23-8-4-6-19-5-2-3-7-22(19)23)29(33)30(34)31(27)16-18-9-14-24-25(15-18)37-17-36-24/h2-15,27,32H,16-17H2,1H3/b28-26-. The van der Waals surface area contributed by atoms with Crippen LogP contribution in [0.15, 0.2) is 90.5 Å². The van der Waals surface area contributed by atoms with Crippen LogP contribution in [0.1, 0.15) is 22.7 Å². The number of aliphatic hydroxyl groups excluding tert-OH is 1. The zero-order chi connectivity index (χ0) is 25.5. The van der Waals surface area contributed by atoms with E-state index in [1.807, 2.05) is 42.5 Å². The molecular weight excluding hydrogens is 470 g/mol. The fraction of sp³-hybridized carbons (Fsp3) is 0.133. The fourth-order valence-electron chi connectivity index (χ4n) is 4.99. The van der Waals surface area contributed by atoms with Gasteiger partial charge < -0.3 is 24.2 Å². The van der Waals surface area contributed by atoms with Gasteiger partial charge in [0.1, 0.15) is 11.5 Å². The number of amides is 1. The summed E-state index contributed by atoms with van der Waals surface area (Å²) in [5, 5.41) is 13.3. The molecule has 2 aliphatic rings. The van der Waals surface area contributed by atoms with E-state index in [2.05, 4.69) is 0 Å². The SMILES string of the molecule is COc1ccc(C2/C(=C(/O)c3cccc4ccccc34)C(=O)C(=O)N2Cc2ccc3c(c2)OCO3)cc1. The summed E-state index contributed by atoms with van der Waals surface area (Å²) in [5.74, 6) is 0.251. The quantitative estimate of drug-likeness (QED) is 0.234. The number of aliphatic hydroxyl groups is 1. The van der Waals surface area contributed by atoms with Gasteiger partial charge in [0, 0.05) is 12.1 Å². The lowest BCUT2D eigenvalue weighted by molar-refractivity contribution is -0.140. The van der Waals surface area contributed by atoms with Gasteiger partial charge in [-0.1, -0.05) is 60.7 Å². The number of benzene rings is 4. The van der Waals surface area contributed by atoms with Crippen LogP contribution in [0, 0.1) is 0 Å². The van der Waals surface area contributed by atoms with Crippen molar-refractivity contribution in [2.45, 2.75) is 12.6 Å². The van der Waals surface area contributed by atoms with Crippen LogP contribution in [0.25, 0.3) is 16.5 Å². The minimum atomic E-state index is -0.796. The molecule has 1 amide bonds. The number of likely N-dealkylation sites (tertiary alicyclic amines) is 1. The molecular formula is C30H23NO6. The Labute approximate surface area is 213 Å². The van der Waals surface area contributed by atoms with Crippen molar-refractivity contribution in [2.75, 3.05) is 13.9 Å². The van der Waals surface area contributed by atoms with Crippen molar-refractivity contribution in [3.63, 3.8) is 0 Å². The van der Waals surface area contributed by atoms with Crippen LogP contribution in [0.4, 0.5) is 0 Å². The molecule has 2 aliphatic heterocycles. The van der Waals surface area contributed by atoms with Crippen LogP contribution in [-0.4, -0.2) is 35.6 Å². The third-order valence-corrected chi connectivity index (χ3v) is 6.81. The van der Waals surface area contributed by atoms with Gasteiger partial charge in [-0.05, 0) is 46.2 Å². The molecule has 1 fully saturated rings. The Balaban J connectivity index is 1.50. The lowest BCUT2D eigenvalue weighted by Gasteiger charge is -2.26. The molecule has 0 aromatic heterocycles. The largest absolute Gasteiger partial charge is 0.507 e. The van der Waals surface area contributed by atoms with Crippen molar-refractivity contribution >= 4 is 28.2 Å². The molecule has 37 heavy (non-hydrogen) atoms. The number of Topliss-reactive ketones (excluding diaryl/α,β-unsaturated/α-hetero) is 1. The smallest absolute Gasteiger partial charge is 0.295 e. The third kappa shape index (κ3) is 3.85. The van der Waals surface area contributed by atoms with E-state index in [1.54, 1.807) is 49.6 Å². The van der Waals surface area contributed by atoms with E-state index in [4.69, 9.17) is 14.2 Å². The summed E-state index contributed by atoms with van der Waals surface area (Å²) in [6, 6.07) is 24.9. The third-order valence-electron chi connectivity index (χ3n) is 6.81. The first-order valence-electron chi connectivity index (χ1n) is 11.8. The van der Waals surface area contributed by atoms with Gasteiger partial charge in [0.25, 0.3) is 11.7 Å². The Morgan fingerprint density at radius 2 is 1.70 bits per heavy atom. The number of hydrogen-bond acceptors (Lipinski definition) is 6. The van der Waals surface area contributed by atoms with Gasteiger partial charge in [0.15, 0.2) is 11.5 Å². The molecule has 7 heteroatoms. The molecule has 1 N–H and O–H groups in total. The number of carbonyl (C=O) groups excluding carboxylic acids is 2. The second-order valence-corrected chi connectivity index (χ2v) is 8.91. The van der Waals surface area contributed by atoms with Gasteiger partial charge >= 0.3 is 0 Å². The molecule has 0 bridgehead atoms. The van der Waals surface area contributed by atoms with Gasteiger partial charge in [-0.25, -0.2) is 0 Å². The first-order chi connectivity index (χ1) is 18.0. The van der Waals surface area contributed by atoms with E-state index in [9.17, 15) is 14.7 Å². The lowest BCUT2D eigenvalue weighted by Crippen LogP contribution is -2.29. The van der Waals surface area contributed by atoms with Gasteiger partial charge in [0.2, 0.25) is 6.79 Å². The normalized spacial score (nSPS) is 18.0. The maximum Gasteiger partial charge on any atom is 0.295 e. The minimum absolute atomic E-state index is 0.0484. The van der Waals surface area contributed by atoms with Crippen molar-refractivity contribution in [2.24, 2.45) is 0 Å². The van der Waals surface area contributed by atoms with Crippen LogP contribution in [0.5, 0.6) is 17.2 Å². The average molecular weight is 494 g/mol. The number of rotatable bonds is 5. The zero-order valence-electron chi connectivity index (χ0n) is 20.0. The van der Waals surface area contributed by atoms with Crippen LogP contribution >= 0.6 is 0 Å². The molecule has 184 valence electrons. The zero-order valence-corrected chi connectivity index (χ0v) is 20.0. The summed E-state index contributed by atoms with van der Waals surface area (Å²) >= 11 is 0. The highest BCUT2D eigenvalue weighted by molar-refractivity contribution is 6.46. The summed E-state index contributed by atoms with van der Waals surface area (Å²) in [5.41, 5.74) is 2.00. The van der Waals surface area contributed by atoms with E-state index in [0.29, 0.717) is 28.4 Å². The molecule has 4 aromatic rings. The second kappa shape index (κ2) is 9.02. The van der Waals surface area contributed by atoms with Crippen LogP contribution in [-0.2, 0) is 16.1 Å². The van der Waals surface area contributed by atoms with Crippen LogP contribution < -0.4 is 14.2 Å². The Bertz CT molecular complexity index is 1570. The molecule has 2 heterocycles. The van der Waals surface area contributed by atoms with Gasteiger partial charge in [-0.3, -0.25) is 9.59 Å². The number of methoxy groups -OCH3 is 1. The average Bonchev–Trinajstić information content (AvgIpc) is 3.50. The molecule has 1 unspecified atom stereocenters. The lowest BCUT2D eigenvalue weighted by atomic mass is 9.93. The molecule has 4 aromatic carbocycles. The van der Waals surface area contributed by atoms with Gasteiger partial charge in [-0.15, -0.1) is 0 Å². The van der Waals surface area contributed by atoms with E-state index in [0.717, 1.165) is 16.3 Å². The van der Waals surface area contributed by atoms with Crippen LogP contribution in [0.2, 0.25) is 0 Å². The first-order valence-corrected chi connectivity index (χ1v) is 11.8. The van der Waals surface area contributed by atoms with Crippen LogP contribution in [0.3, 0.4) is 0 Å². The number of hydrogen-bond donors (Lipinski definition) is 1. The summed E-state index contributed by atoms with van der Waals surface area (Å²) < 4.78 is 16.2. The minimum Gasteiger partial charge on any atom is -0.507 e. The van der Waals surface area contributed by atoms with Crippen molar-refractivity contribution in [1.29, 1.82) is 0 Å². The first kappa shape index (κ1) is 22.7. The highest BCUT2D eigenvalue weighted by Crippen LogP contribution is 2.42. The summed E-state index contributed by atoms with van der Waals surface area (Å²) in [7, 11) is 1.57. The summed E-state index contributed by atoms with van der Waals surface area (Å²) in [6.07, 6.45) is 0. The number of ether oxygens (including phenoxy) is 3. The van der Waals surface area contributed by atoms with Gasteiger partial charge in [-0.2, -0.15) is 0 Å². The Kier molecular flexibility index (Phi) is 5.53. The molecule has 0 saturated carbocycles. The van der Waals surface area contributed by atoms with E-state index >= 15 is 0 Å². The molecule has 0 radical (unpaired) electrons. The number of ketones is 1. The summed E-state index contributed by atoms with van der Waals surface area (Å²) in [6.45, 7) is 0.282. The maximum absolute atomic E-state index is 13.5. The number of nitrogens with zero attached hydrogens (tertiary/aromatic N) is 1. The molecule has 0 aliphatic carbocycles. The highest BCUT2D eigenvalue weighted by Gasteiger charge is 2.46. The van der Waals surface area contributed by atoms with E-state index < -0.39 is 17.7 Å². The number of carbonyl (C=O) groups is 2. The summed E-state index contributed by atoms with van der Waals surface area (Å²) in [4.78, 5) is 28.4. The molecule has 0 spiro atoms. The molecule has 1 atom stereocenters. The Morgan fingerprint density at radius 3 is 2.51 bits per heavy atom. The molecule has 1 saturated heterocycles. The van der Waals surface area contributed by atoms with Gasteiger partial charge in [0.05, 0.1) is 18.7 Å². The van der Waals surface area contributed by atoms with Crippen molar-refractivity contribution in [3.8, 4) is 17.2 Å². The Morgan fingerprint density at radius 1 is 0.946 bits per heavy atom. The van der Waals surface area contributed by atoms with Crippen molar-refractivity contribution < 1.29 is 28.9 Å². The topological polar surface area (TPSA) is 85.3 Å². The van der Waals surface area contributed by atoms with Crippen molar-refractivity contribution in [1.82, 2.24) is 4.90 Å². The second-order valence-electron chi connectivity index (χ2n) is 8.91. The maximum atomic E-state index is 13.5. The molecule has 7 nitrogen and oxygen atoms in total.